The lowest BCUT2D eigenvalue weighted by atomic mass is 10.1. The first-order valence-corrected chi connectivity index (χ1v) is 9.64. The highest BCUT2D eigenvalue weighted by Crippen LogP contribution is 2.19. The van der Waals surface area contributed by atoms with Gasteiger partial charge in [0.15, 0.2) is 0 Å². The Hall–Kier alpha value is -2.48. The number of rotatable bonds is 3. The van der Waals surface area contributed by atoms with Crippen LogP contribution in [0.15, 0.2) is 24.3 Å². The molecule has 0 bridgehead atoms. The molecule has 8 heteroatoms. The molecule has 0 radical (unpaired) electrons. The van der Waals surface area contributed by atoms with Gasteiger partial charge in [-0.3, -0.25) is 4.90 Å². The molecule has 7 nitrogen and oxygen atoms in total. The van der Waals surface area contributed by atoms with Gasteiger partial charge in [0, 0.05) is 25.3 Å². The van der Waals surface area contributed by atoms with Crippen LogP contribution in [0.1, 0.15) is 37.1 Å². The third kappa shape index (κ3) is 4.27. The van der Waals surface area contributed by atoms with Crippen LogP contribution < -0.4 is 5.32 Å². The van der Waals surface area contributed by atoms with E-state index in [4.69, 9.17) is 0 Å². The van der Waals surface area contributed by atoms with Gasteiger partial charge in [0.2, 0.25) is 0 Å². The standard InChI is InChI=1S/C19H25FN6O/c20-15-6-4-7-16(12-15)21-19(27)25-10-5-11-26-18(14-25)17(22-23-26)13-24-8-2-1-3-9-24/h4,6-7,12H,1-3,5,8-11,13-14H2,(H,21,27). The van der Waals surface area contributed by atoms with Crippen LogP contribution in [-0.2, 0) is 19.6 Å². The van der Waals surface area contributed by atoms with Gasteiger partial charge in [-0.15, -0.1) is 5.10 Å². The summed E-state index contributed by atoms with van der Waals surface area (Å²) in [7, 11) is 0. The van der Waals surface area contributed by atoms with E-state index in [9.17, 15) is 9.18 Å². The molecule has 2 aromatic rings. The molecule has 0 aliphatic carbocycles. The highest BCUT2D eigenvalue weighted by atomic mass is 19.1. The SMILES string of the molecule is O=C(Nc1cccc(F)c1)N1CCCn2nnc(CN3CCCCC3)c2C1. The summed E-state index contributed by atoms with van der Waals surface area (Å²) >= 11 is 0. The highest BCUT2D eigenvalue weighted by molar-refractivity contribution is 5.89. The molecule has 0 spiro atoms. The Morgan fingerprint density at radius 2 is 1.96 bits per heavy atom. The average molecular weight is 372 g/mol. The molecular formula is C19H25FN6O. The van der Waals surface area contributed by atoms with Gasteiger partial charge in [0.25, 0.3) is 0 Å². The zero-order valence-electron chi connectivity index (χ0n) is 15.4. The Bertz CT molecular complexity index is 801. The number of aromatic nitrogens is 3. The fourth-order valence-corrected chi connectivity index (χ4v) is 3.79. The van der Waals surface area contributed by atoms with Crippen molar-refractivity contribution in [1.29, 1.82) is 0 Å². The van der Waals surface area contributed by atoms with Crippen molar-refractivity contribution in [1.82, 2.24) is 24.8 Å². The number of nitrogens with one attached hydrogen (secondary N) is 1. The summed E-state index contributed by atoms with van der Waals surface area (Å²) in [6.07, 6.45) is 4.57. The molecular weight excluding hydrogens is 347 g/mol. The Morgan fingerprint density at radius 3 is 2.78 bits per heavy atom. The summed E-state index contributed by atoms with van der Waals surface area (Å²) in [4.78, 5) is 16.9. The topological polar surface area (TPSA) is 66.3 Å². The quantitative estimate of drug-likeness (QED) is 0.900. The summed E-state index contributed by atoms with van der Waals surface area (Å²) in [5.41, 5.74) is 2.43. The third-order valence-electron chi connectivity index (χ3n) is 5.24. The van der Waals surface area contributed by atoms with Crippen molar-refractivity contribution in [3.8, 4) is 0 Å². The van der Waals surface area contributed by atoms with Crippen molar-refractivity contribution in [2.24, 2.45) is 0 Å². The molecule has 1 aromatic carbocycles. The number of hydrogen-bond donors (Lipinski definition) is 1. The van der Waals surface area contributed by atoms with Crippen LogP contribution in [0, 0.1) is 5.82 Å². The van der Waals surface area contributed by atoms with E-state index in [-0.39, 0.29) is 11.8 Å². The van der Waals surface area contributed by atoms with Crippen LogP contribution in [0.3, 0.4) is 0 Å². The Labute approximate surface area is 158 Å². The molecule has 2 aliphatic heterocycles. The second kappa shape index (κ2) is 8.04. The molecule has 2 amide bonds. The second-order valence-electron chi connectivity index (χ2n) is 7.26. The number of carbonyl (C=O) groups is 1. The van der Waals surface area contributed by atoms with Crippen molar-refractivity contribution in [3.63, 3.8) is 0 Å². The minimum absolute atomic E-state index is 0.223. The smallest absolute Gasteiger partial charge is 0.319 e. The van der Waals surface area contributed by atoms with E-state index in [0.29, 0.717) is 18.8 Å². The van der Waals surface area contributed by atoms with Crippen molar-refractivity contribution < 1.29 is 9.18 Å². The van der Waals surface area contributed by atoms with Crippen LogP contribution in [0.25, 0.3) is 0 Å². The van der Waals surface area contributed by atoms with Gasteiger partial charge in [-0.25, -0.2) is 13.9 Å². The maximum atomic E-state index is 13.4. The van der Waals surface area contributed by atoms with Gasteiger partial charge >= 0.3 is 6.03 Å². The predicted octanol–water partition coefficient (Wildman–Crippen LogP) is 2.84. The molecule has 2 aliphatic rings. The van der Waals surface area contributed by atoms with Crippen molar-refractivity contribution in [2.45, 2.75) is 45.3 Å². The van der Waals surface area contributed by atoms with E-state index in [1.165, 1.54) is 31.4 Å². The summed E-state index contributed by atoms with van der Waals surface area (Å²) in [6, 6.07) is 5.73. The zero-order valence-corrected chi connectivity index (χ0v) is 15.4. The van der Waals surface area contributed by atoms with Gasteiger partial charge in [-0.1, -0.05) is 17.7 Å². The Kier molecular flexibility index (Phi) is 5.33. The maximum absolute atomic E-state index is 13.4. The van der Waals surface area contributed by atoms with E-state index < -0.39 is 0 Å². The van der Waals surface area contributed by atoms with Gasteiger partial charge < -0.3 is 10.2 Å². The van der Waals surface area contributed by atoms with E-state index in [1.54, 1.807) is 17.0 Å². The fourth-order valence-electron chi connectivity index (χ4n) is 3.79. The highest BCUT2D eigenvalue weighted by Gasteiger charge is 2.24. The van der Waals surface area contributed by atoms with Crippen LogP contribution in [-0.4, -0.2) is 50.5 Å². The van der Waals surface area contributed by atoms with E-state index in [0.717, 1.165) is 44.0 Å². The van der Waals surface area contributed by atoms with E-state index in [1.807, 2.05) is 4.68 Å². The van der Waals surface area contributed by atoms with Crippen LogP contribution in [0.2, 0.25) is 0 Å². The number of nitrogens with zero attached hydrogens (tertiary/aromatic N) is 5. The first-order valence-electron chi connectivity index (χ1n) is 9.64. The fraction of sp³-hybridized carbons (Fsp3) is 0.526. The molecule has 0 saturated carbocycles. The van der Waals surface area contributed by atoms with Crippen LogP contribution in [0.4, 0.5) is 14.9 Å². The first kappa shape index (κ1) is 17.9. The Morgan fingerprint density at radius 1 is 1.11 bits per heavy atom. The lowest BCUT2D eigenvalue weighted by Crippen LogP contribution is -2.35. The number of benzene rings is 1. The van der Waals surface area contributed by atoms with Crippen molar-refractivity contribution in [2.75, 3.05) is 25.0 Å². The molecule has 1 aromatic heterocycles. The Balaban J connectivity index is 1.46. The summed E-state index contributed by atoms with van der Waals surface area (Å²) in [5.74, 6) is -0.366. The molecule has 144 valence electrons. The number of halogens is 1. The zero-order chi connectivity index (χ0) is 18.6. The maximum Gasteiger partial charge on any atom is 0.322 e. The van der Waals surface area contributed by atoms with Crippen LogP contribution >= 0.6 is 0 Å². The lowest BCUT2D eigenvalue weighted by Gasteiger charge is -2.26. The third-order valence-corrected chi connectivity index (χ3v) is 5.24. The minimum atomic E-state index is -0.366. The number of likely N-dealkylation sites (tertiary alicyclic amines) is 1. The monoisotopic (exact) mass is 372 g/mol. The number of urea groups is 1. The minimum Gasteiger partial charge on any atom is -0.319 e. The van der Waals surface area contributed by atoms with Crippen LogP contribution in [0.5, 0.6) is 0 Å². The predicted molar refractivity (Wildman–Crippen MR) is 99.6 cm³/mol. The van der Waals surface area contributed by atoms with E-state index in [2.05, 4.69) is 20.5 Å². The molecule has 3 heterocycles. The molecule has 4 rings (SSSR count). The van der Waals surface area contributed by atoms with Gasteiger partial charge in [0.1, 0.15) is 11.5 Å². The number of amides is 2. The number of piperidine rings is 1. The molecule has 1 saturated heterocycles. The van der Waals surface area contributed by atoms with Gasteiger partial charge in [-0.2, -0.15) is 0 Å². The number of carbonyl (C=O) groups excluding carboxylic acids is 1. The summed E-state index contributed by atoms with van der Waals surface area (Å²) in [6.45, 7) is 4.83. The van der Waals surface area contributed by atoms with Crippen molar-refractivity contribution >= 4 is 11.7 Å². The van der Waals surface area contributed by atoms with Crippen molar-refractivity contribution in [3.05, 3.63) is 41.5 Å². The first-order chi connectivity index (χ1) is 13.2. The number of fused-ring (bicyclic) bond motifs is 1. The summed E-state index contributed by atoms with van der Waals surface area (Å²) in [5, 5.41) is 11.5. The van der Waals surface area contributed by atoms with Gasteiger partial charge in [-0.05, 0) is 50.6 Å². The number of aryl methyl sites for hydroxylation is 1. The summed E-state index contributed by atoms with van der Waals surface area (Å²) < 4.78 is 15.3. The van der Waals surface area contributed by atoms with Gasteiger partial charge in [0.05, 0.1) is 12.2 Å². The molecule has 27 heavy (non-hydrogen) atoms. The number of anilines is 1. The molecule has 1 fully saturated rings. The number of hydrogen-bond acceptors (Lipinski definition) is 4. The van der Waals surface area contributed by atoms with E-state index >= 15 is 0 Å². The normalized spacial score (nSPS) is 18.0. The average Bonchev–Trinajstić information content (AvgIpc) is 2.90. The molecule has 0 unspecified atom stereocenters. The molecule has 1 N–H and O–H groups in total. The lowest BCUT2D eigenvalue weighted by molar-refractivity contribution is 0.207. The molecule has 0 atom stereocenters. The second-order valence-corrected chi connectivity index (χ2v) is 7.26. The largest absolute Gasteiger partial charge is 0.322 e.